The van der Waals surface area contributed by atoms with Crippen LogP contribution in [0.25, 0.3) is 0 Å². The van der Waals surface area contributed by atoms with Crippen LogP contribution in [0.4, 0.5) is 0 Å². The van der Waals surface area contributed by atoms with Crippen LogP contribution in [-0.2, 0) is 6.54 Å². The lowest BCUT2D eigenvalue weighted by atomic mass is 10.4. The van der Waals surface area contributed by atoms with Crippen molar-refractivity contribution in [2.45, 2.75) is 6.54 Å². The molecule has 0 aliphatic rings. The minimum atomic E-state index is 0.920. The van der Waals surface area contributed by atoms with Crippen LogP contribution < -0.4 is 0 Å². The van der Waals surface area contributed by atoms with E-state index in [0.29, 0.717) is 0 Å². The van der Waals surface area contributed by atoms with E-state index in [1.807, 2.05) is 0 Å². The molecule has 1 aromatic heterocycles. The summed E-state index contributed by atoms with van der Waals surface area (Å²) < 4.78 is 1.21. The van der Waals surface area contributed by atoms with Crippen molar-refractivity contribution in [2.75, 3.05) is 19.3 Å². The highest BCUT2D eigenvalue weighted by molar-refractivity contribution is 9.11. The van der Waals surface area contributed by atoms with Crippen LogP contribution in [0.1, 0.15) is 4.88 Å². The Hall–Kier alpha value is 0.490. The molecule has 4 heteroatoms. The molecule has 0 radical (unpaired) electrons. The van der Waals surface area contributed by atoms with Gasteiger partial charge in [0.25, 0.3) is 0 Å². The van der Waals surface area contributed by atoms with Crippen LogP contribution in [-0.4, -0.2) is 24.2 Å². The first-order chi connectivity index (χ1) is 5.72. The zero-order valence-corrected chi connectivity index (χ0v) is 10.3. The minimum absolute atomic E-state index is 0.920. The van der Waals surface area contributed by atoms with Crippen LogP contribution in [0, 0.1) is 0 Å². The fraction of sp³-hybridized carbons (Fsp3) is 0.500. The maximum Gasteiger partial charge on any atom is 0.0701 e. The van der Waals surface area contributed by atoms with Gasteiger partial charge < -0.3 is 4.90 Å². The number of halogens is 1. The molecule has 1 nitrogen and oxygen atoms in total. The molecule has 0 saturated heterocycles. The largest absolute Gasteiger partial charge is 0.300 e. The molecule has 0 spiro atoms. The molecule has 0 aromatic carbocycles. The molecule has 12 heavy (non-hydrogen) atoms. The third kappa shape index (κ3) is 3.47. The van der Waals surface area contributed by atoms with Crippen molar-refractivity contribution >= 4 is 39.9 Å². The van der Waals surface area contributed by atoms with Gasteiger partial charge in [-0.05, 0) is 35.1 Å². The molecule has 0 amide bonds. The monoisotopic (exact) mass is 265 g/mol. The Bertz CT molecular complexity index is 237. The summed E-state index contributed by atoms with van der Waals surface area (Å²) >= 11 is 9.42. The molecule has 1 rings (SSSR count). The van der Waals surface area contributed by atoms with Crippen molar-refractivity contribution in [1.82, 2.24) is 4.90 Å². The van der Waals surface area contributed by atoms with Crippen molar-refractivity contribution in [1.29, 1.82) is 0 Å². The average molecular weight is 266 g/mol. The zero-order valence-electron chi connectivity index (χ0n) is 6.96. The number of nitrogens with zero attached hydrogens (tertiary/aromatic N) is 1. The fourth-order valence-electron chi connectivity index (χ4n) is 0.953. The van der Waals surface area contributed by atoms with E-state index in [-0.39, 0.29) is 0 Å². The summed E-state index contributed by atoms with van der Waals surface area (Å²) in [6, 6.07) is 4.25. The van der Waals surface area contributed by atoms with Gasteiger partial charge in [-0.15, -0.1) is 11.3 Å². The van der Waals surface area contributed by atoms with Gasteiger partial charge >= 0.3 is 0 Å². The molecule has 1 heterocycles. The number of rotatable bonds is 4. The van der Waals surface area contributed by atoms with E-state index in [1.165, 1.54) is 8.66 Å². The molecule has 0 aliphatic carbocycles. The van der Waals surface area contributed by atoms with E-state index in [0.717, 1.165) is 18.8 Å². The van der Waals surface area contributed by atoms with Gasteiger partial charge in [0, 0.05) is 23.7 Å². The van der Waals surface area contributed by atoms with E-state index in [4.69, 9.17) is 0 Å². The van der Waals surface area contributed by atoms with Gasteiger partial charge in [-0.2, -0.15) is 12.6 Å². The van der Waals surface area contributed by atoms with Gasteiger partial charge in [0.15, 0.2) is 0 Å². The summed E-state index contributed by atoms with van der Waals surface area (Å²) in [7, 11) is 2.11. The van der Waals surface area contributed by atoms with Crippen LogP contribution in [0.2, 0.25) is 0 Å². The first kappa shape index (κ1) is 10.6. The number of thiophene rings is 1. The van der Waals surface area contributed by atoms with E-state index in [9.17, 15) is 0 Å². The highest BCUT2D eigenvalue weighted by atomic mass is 79.9. The molecule has 0 saturated carbocycles. The molecule has 1 aromatic rings. The second-order valence-electron chi connectivity index (χ2n) is 2.67. The molecule has 0 atom stereocenters. The van der Waals surface area contributed by atoms with E-state index in [2.05, 4.69) is 52.6 Å². The summed E-state index contributed by atoms with van der Waals surface area (Å²) in [4.78, 5) is 3.66. The summed E-state index contributed by atoms with van der Waals surface area (Å²) in [5.74, 6) is 0.920. The van der Waals surface area contributed by atoms with Gasteiger partial charge in [0.05, 0.1) is 3.79 Å². The van der Waals surface area contributed by atoms with Gasteiger partial charge in [0.1, 0.15) is 0 Å². The summed E-state index contributed by atoms with van der Waals surface area (Å²) in [6.45, 7) is 2.06. The molecule has 0 bridgehead atoms. The van der Waals surface area contributed by atoms with Crippen LogP contribution in [0.3, 0.4) is 0 Å². The van der Waals surface area contributed by atoms with Gasteiger partial charge in [-0.1, -0.05) is 0 Å². The van der Waals surface area contributed by atoms with Crippen molar-refractivity contribution in [2.24, 2.45) is 0 Å². The van der Waals surface area contributed by atoms with Crippen molar-refractivity contribution in [3.63, 3.8) is 0 Å². The van der Waals surface area contributed by atoms with E-state index < -0.39 is 0 Å². The third-order valence-electron chi connectivity index (χ3n) is 1.54. The van der Waals surface area contributed by atoms with Crippen LogP contribution in [0.5, 0.6) is 0 Å². The normalized spacial score (nSPS) is 11.0. The number of thiol groups is 1. The Kier molecular flexibility index (Phi) is 4.64. The number of hydrogen-bond acceptors (Lipinski definition) is 3. The Morgan fingerprint density at radius 2 is 2.33 bits per heavy atom. The highest BCUT2D eigenvalue weighted by Gasteiger charge is 2.01. The average Bonchev–Trinajstić information content (AvgIpc) is 2.36. The lowest BCUT2D eigenvalue weighted by molar-refractivity contribution is 0.352. The zero-order chi connectivity index (χ0) is 8.97. The van der Waals surface area contributed by atoms with Crippen molar-refractivity contribution in [3.8, 4) is 0 Å². The van der Waals surface area contributed by atoms with Crippen LogP contribution >= 0.6 is 39.9 Å². The van der Waals surface area contributed by atoms with Gasteiger partial charge in [-0.3, -0.25) is 0 Å². The second-order valence-corrected chi connectivity index (χ2v) is 5.66. The Labute approximate surface area is 91.3 Å². The van der Waals surface area contributed by atoms with Gasteiger partial charge in [0.2, 0.25) is 0 Å². The fourth-order valence-corrected chi connectivity index (χ4v) is 2.86. The smallest absolute Gasteiger partial charge is 0.0701 e. The predicted molar refractivity (Wildman–Crippen MR) is 62.2 cm³/mol. The minimum Gasteiger partial charge on any atom is -0.300 e. The summed E-state index contributed by atoms with van der Waals surface area (Å²) in [5, 5.41) is 0. The third-order valence-corrected chi connectivity index (χ3v) is 3.34. The Morgan fingerprint density at radius 3 is 2.83 bits per heavy atom. The van der Waals surface area contributed by atoms with E-state index in [1.54, 1.807) is 11.3 Å². The maximum atomic E-state index is 4.18. The molecular weight excluding hydrogens is 254 g/mol. The quantitative estimate of drug-likeness (QED) is 0.820. The number of hydrogen-bond donors (Lipinski definition) is 1. The van der Waals surface area contributed by atoms with E-state index >= 15 is 0 Å². The Balaban J connectivity index is 2.41. The lowest BCUT2D eigenvalue weighted by Gasteiger charge is -2.13. The maximum absolute atomic E-state index is 4.18. The molecule has 0 fully saturated rings. The first-order valence-electron chi connectivity index (χ1n) is 3.76. The van der Waals surface area contributed by atoms with Crippen LogP contribution in [0.15, 0.2) is 15.9 Å². The standard InChI is InChI=1S/C8H12BrNS2/c1-10(4-5-11)6-7-2-3-8(9)12-7/h2-3,11H,4-6H2,1H3. The Morgan fingerprint density at radius 1 is 1.58 bits per heavy atom. The lowest BCUT2D eigenvalue weighted by Crippen LogP contribution is -2.19. The summed E-state index contributed by atoms with van der Waals surface area (Å²) in [5.41, 5.74) is 0. The van der Waals surface area contributed by atoms with Gasteiger partial charge in [-0.25, -0.2) is 0 Å². The summed E-state index contributed by atoms with van der Waals surface area (Å²) in [6.07, 6.45) is 0. The van der Waals surface area contributed by atoms with Crippen molar-refractivity contribution < 1.29 is 0 Å². The molecule has 0 N–H and O–H groups in total. The van der Waals surface area contributed by atoms with Crippen molar-refractivity contribution in [3.05, 3.63) is 20.8 Å². The molecule has 0 unspecified atom stereocenters. The SMILES string of the molecule is CN(CCS)Cc1ccc(Br)s1. The second kappa shape index (κ2) is 5.27. The predicted octanol–water partition coefficient (Wildman–Crippen LogP) is 2.87. The topological polar surface area (TPSA) is 3.24 Å². The molecule has 68 valence electrons. The molecular formula is C8H12BrNS2. The first-order valence-corrected chi connectivity index (χ1v) is 6.00. The molecule has 0 aliphatic heterocycles. The highest BCUT2D eigenvalue weighted by Crippen LogP contribution is 2.22.